The number of hydrogen-bond donors (Lipinski definition) is 0. The molecule has 1 aromatic heterocycles. The molecule has 0 fully saturated rings. The number of ether oxygens (including phenoxy) is 2. The van der Waals surface area contributed by atoms with Gasteiger partial charge in [0, 0.05) is 18.3 Å². The molecule has 2 rings (SSSR count). The van der Waals surface area contributed by atoms with Crippen molar-refractivity contribution in [3.8, 4) is 5.75 Å². The third-order valence-corrected chi connectivity index (χ3v) is 2.79. The number of hydrogen-bond acceptors (Lipinski definition) is 7. The number of aromatic nitrogens is 1. The van der Waals surface area contributed by atoms with Crippen LogP contribution < -0.4 is 4.74 Å². The minimum Gasteiger partial charge on any atom is -0.428 e. The van der Waals surface area contributed by atoms with Crippen molar-refractivity contribution >= 4 is 23.4 Å². The van der Waals surface area contributed by atoms with Crippen LogP contribution in [0.3, 0.4) is 0 Å². The Morgan fingerprint density at radius 1 is 1.32 bits per heavy atom. The zero-order valence-electron chi connectivity index (χ0n) is 9.52. The average Bonchev–Trinajstić information content (AvgIpc) is 2.90. The second kappa shape index (κ2) is 5.91. The molecule has 0 amide bonds. The minimum atomic E-state index is -0.873. The number of nitrogens with zero attached hydrogens (tertiary/aromatic N) is 2. The van der Waals surface area contributed by atoms with E-state index in [1.165, 1.54) is 35.8 Å². The van der Waals surface area contributed by atoms with Crippen LogP contribution in [0.25, 0.3) is 0 Å². The maximum atomic E-state index is 11.3. The molecule has 0 aliphatic heterocycles. The third-order valence-electron chi connectivity index (χ3n) is 2.07. The molecular formula is C11H8N2O5S. The Labute approximate surface area is 111 Å². The number of nitro benzene ring substituents is 1. The van der Waals surface area contributed by atoms with Gasteiger partial charge in [-0.1, -0.05) is 0 Å². The number of non-ortho nitro benzene ring substituents is 1. The number of carbonyl (C=O) groups is 1. The highest BCUT2D eigenvalue weighted by Gasteiger charge is 2.09. The molecule has 8 heteroatoms. The lowest BCUT2D eigenvalue weighted by molar-refractivity contribution is -0.384. The monoisotopic (exact) mass is 280 g/mol. The van der Waals surface area contributed by atoms with E-state index >= 15 is 0 Å². The molecule has 0 bridgehead atoms. The molecule has 0 unspecified atom stereocenters. The van der Waals surface area contributed by atoms with Gasteiger partial charge in [0.05, 0.1) is 9.80 Å². The van der Waals surface area contributed by atoms with E-state index in [1.807, 2.05) is 0 Å². The van der Waals surface area contributed by atoms with Crippen molar-refractivity contribution in [3.63, 3.8) is 0 Å². The fraction of sp³-hybridized carbons (Fsp3) is 0.0909. The quantitative estimate of drug-likeness (QED) is 0.370. The van der Waals surface area contributed by atoms with Crippen molar-refractivity contribution in [2.45, 2.75) is 6.61 Å². The molecule has 0 aliphatic carbocycles. The summed E-state index contributed by atoms with van der Waals surface area (Å²) >= 11 is 1.22. The van der Waals surface area contributed by atoms with Gasteiger partial charge in [0.1, 0.15) is 12.4 Å². The molecule has 0 saturated heterocycles. The van der Waals surface area contributed by atoms with Crippen LogP contribution in [-0.2, 0) is 11.3 Å². The van der Waals surface area contributed by atoms with Crippen molar-refractivity contribution in [1.29, 1.82) is 0 Å². The first kappa shape index (κ1) is 13.0. The minimum absolute atomic E-state index is 0.0784. The highest BCUT2D eigenvalue weighted by molar-refractivity contribution is 7.05. The van der Waals surface area contributed by atoms with Gasteiger partial charge in [0.25, 0.3) is 5.69 Å². The molecule has 0 spiro atoms. The largest absolute Gasteiger partial charge is 0.514 e. The van der Waals surface area contributed by atoms with Gasteiger partial charge >= 0.3 is 6.16 Å². The molecule has 2 aromatic rings. The lowest BCUT2D eigenvalue weighted by Crippen LogP contribution is -2.09. The van der Waals surface area contributed by atoms with Crippen LogP contribution in [0.15, 0.2) is 36.5 Å². The van der Waals surface area contributed by atoms with E-state index in [4.69, 9.17) is 9.47 Å². The maximum Gasteiger partial charge on any atom is 0.514 e. The Hall–Kier alpha value is -2.48. The smallest absolute Gasteiger partial charge is 0.428 e. The Morgan fingerprint density at radius 3 is 2.63 bits per heavy atom. The van der Waals surface area contributed by atoms with Crippen LogP contribution in [0, 0.1) is 10.1 Å². The molecule has 19 heavy (non-hydrogen) atoms. The summed E-state index contributed by atoms with van der Waals surface area (Å²) in [5, 5.41) is 10.4. The number of nitro groups is 1. The van der Waals surface area contributed by atoms with Crippen LogP contribution in [0.2, 0.25) is 0 Å². The predicted molar refractivity (Wildman–Crippen MR) is 66.0 cm³/mol. The summed E-state index contributed by atoms with van der Waals surface area (Å²) < 4.78 is 13.5. The summed E-state index contributed by atoms with van der Waals surface area (Å²) in [6.45, 7) is 0.0798. The number of benzene rings is 1. The summed E-state index contributed by atoms with van der Waals surface area (Å²) in [5.74, 6) is 0.180. The van der Waals surface area contributed by atoms with E-state index in [-0.39, 0.29) is 18.0 Å². The lowest BCUT2D eigenvalue weighted by Gasteiger charge is -2.04. The lowest BCUT2D eigenvalue weighted by atomic mass is 10.3. The normalized spacial score (nSPS) is 9.89. The molecule has 0 saturated carbocycles. The first-order valence-corrected chi connectivity index (χ1v) is 5.91. The zero-order valence-corrected chi connectivity index (χ0v) is 10.3. The molecular weight excluding hydrogens is 272 g/mol. The van der Waals surface area contributed by atoms with Crippen LogP contribution in [0.1, 0.15) is 4.88 Å². The summed E-state index contributed by atoms with van der Waals surface area (Å²) in [6.07, 6.45) is 0.729. The van der Waals surface area contributed by atoms with E-state index < -0.39 is 11.1 Å². The SMILES string of the molecule is O=C(OCc1ccns1)Oc1ccc([N+](=O)[O-])cc1. The summed E-state index contributed by atoms with van der Waals surface area (Å²) in [4.78, 5) is 22.0. The average molecular weight is 280 g/mol. The van der Waals surface area contributed by atoms with Gasteiger partial charge in [-0.15, -0.1) is 0 Å². The van der Waals surface area contributed by atoms with E-state index in [0.717, 1.165) is 4.88 Å². The Bertz CT molecular complexity index is 567. The van der Waals surface area contributed by atoms with Gasteiger partial charge in [-0.3, -0.25) is 10.1 Å². The first-order valence-electron chi connectivity index (χ1n) is 5.14. The molecule has 98 valence electrons. The Morgan fingerprint density at radius 2 is 2.05 bits per heavy atom. The van der Waals surface area contributed by atoms with Crippen LogP contribution in [-0.4, -0.2) is 15.5 Å². The van der Waals surface area contributed by atoms with Crippen LogP contribution in [0.5, 0.6) is 5.75 Å². The van der Waals surface area contributed by atoms with Gasteiger partial charge in [-0.2, -0.15) is 0 Å². The highest BCUT2D eigenvalue weighted by Crippen LogP contribution is 2.18. The molecule has 1 heterocycles. The fourth-order valence-electron chi connectivity index (χ4n) is 1.21. The van der Waals surface area contributed by atoms with E-state index in [9.17, 15) is 14.9 Å². The number of rotatable bonds is 4. The van der Waals surface area contributed by atoms with Gasteiger partial charge < -0.3 is 9.47 Å². The molecule has 0 radical (unpaired) electrons. The van der Waals surface area contributed by atoms with E-state index in [1.54, 1.807) is 12.3 Å². The topological polar surface area (TPSA) is 91.6 Å². The molecule has 0 atom stereocenters. The predicted octanol–water partition coefficient (Wildman–Crippen LogP) is 2.77. The van der Waals surface area contributed by atoms with Gasteiger partial charge in [-0.05, 0) is 29.7 Å². The fourth-order valence-corrected chi connectivity index (χ4v) is 1.70. The summed E-state index contributed by atoms with van der Waals surface area (Å²) in [5.41, 5.74) is -0.0784. The molecule has 0 N–H and O–H groups in total. The molecule has 1 aromatic carbocycles. The summed E-state index contributed by atoms with van der Waals surface area (Å²) in [7, 11) is 0. The van der Waals surface area contributed by atoms with Crippen LogP contribution in [0.4, 0.5) is 10.5 Å². The highest BCUT2D eigenvalue weighted by atomic mass is 32.1. The van der Waals surface area contributed by atoms with Gasteiger partial charge in [-0.25, -0.2) is 9.17 Å². The van der Waals surface area contributed by atoms with Crippen molar-refractivity contribution in [2.75, 3.05) is 0 Å². The van der Waals surface area contributed by atoms with Crippen molar-refractivity contribution in [2.24, 2.45) is 0 Å². The van der Waals surface area contributed by atoms with E-state index in [2.05, 4.69) is 4.37 Å². The van der Waals surface area contributed by atoms with Crippen molar-refractivity contribution < 1.29 is 19.2 Å². The Kier molecular flexibility index (Phi) is 4.04. The third kappa shape index (κ3) is 3.75. The number of carbonyl (C=O) groups excluding carboxylic acids is 1. The maximum absolute atomic E-state index is 11.3. The second-order valence-electron chi connectivity index (χ2n) is 3.37. The second-order valence-corrected chi connectivity index (χ2v) is 4.29. The van der Waals surface area contributed by atoms with Gasteiger partial charge in [0.15, 0.2) is 0 Å². The zero-order chi connectivity index (χ0) is 13.7. The van der Waals surface area contributed by atoms with E-state index in [0.29, 0.717) is 0 Å². The van der Waals surface area contributed by atoms with Crippen molar-refractivity contribution in [1.82, 2.24) is 4.37 Å². The molecule has 7 nitrogen and oxygen atoms in total. The molecule has 0 aliphatic rings. The van der Waals surface area contributed by atoms with Gasteiger partial charge in [0.2, 0.25) is 0 Å². The van der Waals surface area contributed by atoms with Crippen molar-refractivity contribution in [3.05, 3.63) is 51.5 Å². The Balaban J connectivity index is 1.86. The van der Waals surface area contributed by atoms with Crippen LogP contribution >= 0.6 is 11.5 Å². The standard InChI is InChI=1S/C11H8N2O5S/c14-11(17-7-10-5-6-12-19-10)18-9-3-1-8(2-4-9)13(15)16/h1-6H,7H2. The summed E-state index contributed by atoms with van der Waals surface area (Å²) in [6, 6.07) is 6.86. The first-order chi connectivity index (χ1) is 9.15.